The first-order valence-electron chi connectivity index (χ1n) is 5.18. The van der Waals surface area contributed by atoms with E-state index in [1.54, 1.807) is 0 Å². The Morgan fingerprint density at radius 2 is 2.46 bits per heavy atom. The summed E-state index contributed by atoms with van der Waals surface area (Å²) in [5.41, 5.74) is 0. The van der Waals surface area contributed by atoms with Gasteiger partial charge >= 0.3 is 0 Å². The lowest BCUT2D eigenvalue weighted by molar-refractivity contribution is -0.123. The molecule has 0 aromatic heterocycles. The van der Waals surface area contributed by atoms with Gasteiger partial charge < -0.3 is 5.32 Å². The molecule has 0 saturated carbocycles. The second kappa shape index (κ2) is 5.05. The zero-order valence-electron chi connectivity index (χ0n) is 8.55. The molecule has 0 spiro atoms. The molecule has 0 aromatic carbocycles. The molecule has 2 atom stereocenters. The zero-order valence-corrected chi connectivity index (χ0v) is 8.55. The summed E-state index contributed by atoms with van der Waals surface area (Å²) >= 11 is 0. The van der Waals surface area contributed by atoms with Crippen molar-refractivity contribution >= 4 is 5.91 Å². The van der Waals surface area contributed by atoms with Crippen LogP contribution in [0.3, 0.4) is 0 Å². The van der Waals surface area contributed by atoms with Crippen molar-refractivity contribution in [1.29, 1.82) is 0 Å². The predicted octanol–water partition coefficient (Wildman–Crippen LogP) is 2.11. The molecule has 1 rings (SSSR count). The molecular formula is C11H19NO. The van der Waals surface area contributed by atoms with Gasteiger partial charge in [-0.15, -0.1) is 0 Å². The lowest BCUT2D eigenvalue weighted by Gasteiger charge is -2.12. The van der Waals surface area contributed by atoms with Crippen molar-refractivity contribution in [3.63, 3.8) is 0 Å². The molecule has 0 fully saturated rings. The van der Waals surface area contributed by atoms with Crippen LogP contribution in [-0.2, 0) is 4.79 Å². The molecular weight excluding hydrogens is 162 g/mol. The maximum atomic E-state index is 11.5. The highest BCUT2D eigenvalue weighted by Crippen LogP contribution is 2.16. The van der Waals surface area contributed by atoms with Gasteiger partial charge in [0.2, 0.25) is 5.91 Å². The van der Waals surface area contributed by atoms with Crippen LogP contribution in [0.5, 0.6) is 0 Å². The average Bonchev–Trinajstić information content (AvgIpc) is 2.66. The van der Waals surface area contributed by atoms with E-state index in [2.05, 4.69) is 25.2 Å². The van der Waals surface area contributed by atoms with Crippen LogP contribution in [0.4, 0.5) is 0 Å². The maximum absolute atomic E-state index is 11.5. The van der Waals surface area contributed by atoms with Crippen LogP contribution >= 0.6 is 0 Å². The van der Waals surface area contributed by atoms with Gasteiger partial charge in [-0.2, -0.15) is 0 Å². The molecule has 0 saturated heterocycles. The van der Waals surface area contributed by atoms with Crippen molar-refractivity contribution in [3.8, 4) is 0 Å². The molecule has 1 aliphatic carbocycles. The van der Waals surface area contributed by atoms with Crippen LogP contribution in [-0.4, -0.2) is 12.5 Å². The maximum Gasteiger partial charge on any atom is 0.226 e. The van der Waals surface area contributed by atoms with E-state index in [1.807, 2.05) is 6.08 Å². The van der Waals surface area contributed by atoms with Crippen LogP contribution in [0.1, 0.15) is 33.1 Å². The molecule has 1 aliphatic rings. The highest BCUT2D eigenvalue weighted by Gasteiger charge is 2.17. The first-order chi connectivity index (χ1) is 6.24. The third-order valence-electron chi connectivity index (χ3n) is 2.67. The summed E-state index contributed by atoms with van der Waals surface area (Å²) in [6.45, 7) is 5.12. The molecule has 2 nitrogen and oxygen atoms in total. The molecule has 74 valence electrons. The average molecular weight is 181 g/mol. The molecule has 0 radical (unpaired) electrons. The summed E-state index contributed by atoms with van der Waals surface area (Å²) in [5, 5.41) is 2.99. The van der Waals surface area contributed by atoms with Gasteiger partial charge in [0.25, 0.3) is 0 Å². The van der Waals surface area contributed by atoms with Gasteiger partial charge in [-0.05, 0) is 18.8 Å². The number of carbonyl (C=O) groups excluding carboxylic acids is 1. The number of allylic oxidation sites excluding steroid dienone is 1. The Labute approximate surface area is 80.4 Å². The molecule has 0 heterocycles. The second-order valence-corrected chi connectivity index (χ2v) is 3.87. The number of hydrogen-bond acceptors (Lipinski definition) is 1. The first kappa shape index (κ1) is 10.3. The molecule has 0 aliphatic heterocycles. The quantitative estimate of drug-likeness (QED) is 0.661. The summed E-state index contributed by atoms with van der Waals surface area (Å²) in [7, 11) is 0. The van der Waals surface area contributed by atoms with Gasteiger partial charge in [-0.3, -0.25) is 4.79 Å². The molecule has 1 N–H and O–H groups in total. The lowest BCUT2D eigenvalue weighted by atomic mass is 10.1. The Kier molecular flexibility index (Phi) is 4.00. The minimum atomic E-state index is 0.143. The van der Waals surface area contributed by atoms with Gasteiger partial charge in [-0.1, -0.05) is 32.4 Å². The van der Waals surface area contributed by atoms with E-state index in [4.69, 9.17) is 0 Å². The van der Waals surface area contributed by atoms with Crippen molar-refractivity contribution in [2.24, 2.45) is 11.8 Å². The normalized spacial score (nSPS) is 23.1. The zero-order chi connectivity index (χ0) is 9.68. The monoisotopic (exact) mass is 181 g/mol. The van der Waals surface area contributed by atoms with Crippen molar-refractivity contribution in [2.75, 3.05) is 6.54 Å². The molecule has 0 aromatic rings. The molecule has 13 heavy (non-hydrogen) atoms. The van der Waals surface area contributed by atoms with Gasteiger partial charge in [0.1, 0.15) is 0 Å². The summed E-state index contributed by atoms with van der Waals surface area (Å²) in [6, 6.07) is 0. The Morgan fingerprint density at radius 1 is 1.69 bits per heavy atom. The van der Waals surface area contributed by atoms with Gasteiger partial charge in [-0.25, -0.2) is 0 Å². The number of rotatable bonds is 4. The molecule has 2 heteroatoms. The van der Waals surface area contributed by atoms with E-state index in [-0.39, 0.29) is 11.8 Å². The van der Waals surface area contributed by atoms with Crippen molar-refractivity contribution in [2.45, 2.75) is 33.1 Å². The smallest absolute Gasteiger partial charge is 0.226 e. The van der Waals surface area contributed by atoms with E-state index in [9.17, 15) is 4.79 Å². The summed E-state index contributed by atoms with van der Waals surface area (Å²) in [4.78, 5) is 11.5. The lowest BCUT2D eigenvalue weighted by Crippen LogP contribution is -2.32. The van der Waals surface area contributed by atoms with Crippen LogP contribution in [0.25, 0.3) is 0 Å². The van der Waals surface area contributed by atoms with Gasteiger partial charge in [0.05, 0.1) is 5.92 Å². The topological polar surface area (TPSA) is 29.1 Å². The van der Waals surface area contributed by atoms with Crippen molar-refractivity contribution in [3.05, 3.63) is 12.2 Å². The minimum Gasteiger partial charge on any atom is -0.355 e. The molecule has 1 amide bonds. The second-order valence-electron chi connectivity index (χ2n) is 3.87. The van der Waals surface area contributed by atoms with Crippen molar-refractivity contribution < 1.29 is 4.79 Å². The summed E-state index contributed by atoms with van der Waals surface area (Å²) in [6.07, 6.45) is 7.29. The Balaban J connectivity index is 2.21. The highest BCUT2D eigenvalue weighted by atomic mass is 16.1. The standard InChI is InChI=1S/C11H19NO/c1-3-9(2)8-12-11(13)10-6-4-5-7-10/h4,6,9-10H,3,5,7-8H2,1-2H3,(H,12,13)/t9?,10-/m1/s1. The molecule has 0 bridgehead atoms. The number of hydrogen-bond donors (Lipinski definition) is 1. The van der Waals surface area contributed by atoms with Crippen LogP contribution in [0.15, 0.2) is 12.2 Å². The third kappa shape index (κ3) is 3.21. The van der Waals surface area contributed by atoms with Crippen LogP contribution in [0, 0.1) is 11.8 Å². The summed E-state index contributed by atoms with van der Waals surface area (Å²) in [5.74, 6) is 0.937. The third-order valence-corrected chi connectivity index (χ3v) is 2.67. The van der Waals surface area contributed by atoms with Crippen LogP contribution in [0.2, 0.25) is 0 Å². The SMILES string of the molecule is CCC(C)CNC(=O)[C@@H]1C=CCC1. The fourth-order valence-electron chi connectivity index (χ4n) is 1.40. The van der Waals surface area contributed by atoms with Gasteiger partial charge in [0, 0.05) is 6.54 Å². The number of carbonyl (C=O) groups is 1. The van der Waals surface area contributed by atoms with Crippen molar-refractivity contribution in [1.82, 2.24) is 5.32 Å². The van der Waals surface area contributed by atoms with E-state index >= 15 is 0 Å². The first-order valence-corrected chi connectivity index (χ1v) is 5.18. The predicted molar refractivity (Wildman–Crippen MR) is 54.3 cm³/mol. The highest BCUT2D eigenvalue weighted by molar-refractivity contribution is 5.80. The Bertz CT molecular complexity index is 198. The number of nitrogens with one attached hydrogen (secondary N) is 1. The fraction of sp³-hybridized carbons (Fsp3) is 0.727. The Morgan fingerprint density at radius 3 is 3.00 bits per heavy atom. The fourth-order valence-corrected chi connectivity index (χ4v) is 1.40. The summed E-state index contributed by atoms with van der Waals surface area (Å²) < 4.78 is 0. The van der Waals surface area contributed by atoms with Crippen LogP contribution < -0.4 is 5.32 Å². The van der Waals surface area contributed by atoms with E-state index < -0.39 is 0 Å². The minimum absolute atomic E-state index is 0.143. The van der Waals surface area contributed by atoms with Gasteiger partial charge in [0.15, 0.2) is 0 Å². The number of amides is 1. The van der Waals surface area contributed by atoms with E-state index in [0.29, 0.717) is 5.92 Å². The largest absolute Gasteiger partial charge is 0.355 e. The Hall–Kier alpha value is -0.790. The van der Waals surface area contributed by atoms with E-state index in [1.165, 1.54) is 0 Å². The van der Waals surface area contributed by atoms with E-state index in [0.717, 1.165) is 25.8 Å². The molecule has 1 unspecified atom stereocenters.